The monoisotopic (exact) mass is 447 g/mol. The molecule has 0 aliphatic carbocycles. The van der Waals surface area contributed by atoms with Gasteiger partial charge in [-0.2, -0.15) is 0 Å². The van der Waals surface area contributed by atoms with E-state index in [2.05, 4.69) is 10.3 Å². The standard InChI is InChI=1S/C16H12Cl3N3O2S2/c1-2-22-15(24)14-11(3-4-25-14)20-16(22)26-7-12(23)21-13-9(18)5-8(17)6-10(13)19/h3-6H,2,7H2,1H3,(H,21,23). The number of amides is 1. The van der Waals surface area contributed by atoms with E-state index in [0.29, 0.717) is 32.6 Å². The van der Waals surface area contributed by atoms with E-state index in [1.165, 1.54) is 35.2 Å². The minimum atomic E-state index is -0.316. The predicted molar refractivity (Wildman–Crippen MR) is 110 cm³/mol. The average molecular weight is 449 g/mol. The number of hydrogen-bond acceptors (Lipinski definition) is 5. The van der Waals surface area contributed by atoms with Gasteiger partial charge < -0.3 is 5.32 Å². The van der Waals surface area contributed by atoms with Gasteiger partial charge in [0.15, 0.2) is 5.16 Å². The third-order valence-corrected chi connectivity index (χ3v) is 6.13. The first-order chi connectivity index (χ1) is 12.4. The summed E-state index contributed by atoms with van der Waals surface area (Å²) in [6, 6.07) is 4.79. The molecule has 0 aliphatic rings. The van der Waals surface area contributed by atoms with Crippen LogP contribution in [0.15, 0.2) is 33.5 Å². The quantitative estimate of drug-likeness (QED) is 0.432. The maximum absolute atomic E-state index is 12.5. The number of carbonyl (C=O) groups excluding carboxylic acids is 1. The van der Waals surface area contributed by atoms with Crippen LogP contribution in [0.3, 0.4) is 0 Å². The van der Waals surface area contributed by atoms with Crippen molar-refractivity contribution in [1.29, 1.82) is 0 Å². The largest absolute Gasteiger partial charge is 0.323 e. The number of hydrogen-bond donors (Lipinski definition) is 1. The Bertz CT molecular complexity index is 1030. The first-order valence-corrected chi connectivity index (χ1v) is 10.5. The summed E-state index contributed by atoms with van der Waals surface area (Å²) < 4.78 is 2.17. The SMILES string of the molecule is CCn1c(SCC(=O)Nc2c(Cl)cc(Cl)cc2Cl)nc2ccsc2c1=O. The van der Waals surface area contributed by atoms with Gasteiger partial charge in [0.05, 0.1) is 27.0 Å². The van der Waals surface area contributed by atoms with E-state index in [4.69, 9.17) is 34.8 Å². The summed E-state index contributed by atoms with van der Waals surface area (Å²) >= 11 is 20.5. The van der Waals surface area contributed by atoms with Crippen LogP contribution in [0.2, 0.25) is 15.1 Å². The molecule has 0 fully saturated rings. The smallest absolute Gasteiger partial charge is 0.272 e. The molecule has 0 atom stereocenters. The molecule has 0 saturated carbocycles. The van der Waals surface area contributed by atoms with Crippen LogP contribution >= 0.6 is 57.9 Å². The lowest BCUT2D eigenvalue weighted by Crippen LogP contribution is -2.22. The maximum atomic E-state index is 12.5. The molecule has 1 aromatic carbocycles. The van der Waals surface area contributed by atoms with Crippen LogP contribution in [0.4, 0.5) is 5.69 Å². The Morgan fingerprint density at radius 1 is 1.31 bits per heavy atom. The zero-order chi connectivity index (χ0) is 18.8. The second-order valence-electron chi connectivity index (χ2n) is 5.16. The molecule has 2 heterocycles. The van der Waals surface area contributed by atoms with Crippen LogP contribution in [0.1, 0.15) is 6.92 Å². The number of nitrogens with zero attached hydrogens (tertiary/aromatic N) is 2. The maximum Gasteiger partial charge on any atom is 0.272 e. The Morgan fingerprint density at radius 2 is 2.00 bits per heavy atom. The highest BCUT2D eigenvalue weighted by Gasteiger charge is 2.15. The Kier molecular flexibility index (Phi) is 6.14. The van der Waals surface area contributed by atoms with Crippen LogP contribution in [0, 0.1) is 0 Å². The molecule has 0 radical (unpaired) electrons. The van der Waals surface area contributed by atoms with Gasteiger partial charge in [0.25, 0.3) is 5.56 Å². The van der Waals surface area contributed by atoms with Crippen LogP contribution < -0.4 is 10.9 Å². The van der Waals surface area contributed by atoms with Gasteiger partial charge >= 0.3 is 0 Å². The highest BCUT2D eigenvalue weighted by molar-refractivity contribution is 7.99. The van der Waals surface area contributed by atoms with Crippen molar-refractivity contribution in [3.8, 4) is 0 Å². The number of anilines is 1. The molecule has 136 valence electrons. The van der Waals surface area contributed by atoms with Gasteiger partial charge in [-0.1, -0.05) is 46.6 Å². The van der Waals surface area contributed by atoms with Crippen molar-refractivity contribution in [3.05, 3.63) is 49.0 Å². The normalized spacial score (nSPS) is 11.1. The fourth-order valence-electron chi connectivity index (χ4n) is 2.28. The number of carbonyl (C=O) groups is 1. The molecule has 5 nitrogen and oxygen atoms in total. The number of halogens is 3. The molecular weight excluding hydrogens is 437 g/mol. The van der Waals surface area contributed by atoms with Crippen molar-refractivity contribution in [2.75, 3.05) is 11.1 Å². The lowest BCUT2D eigenvalue weighted by molar-refractivity contribution is -0.113. The van der Waals surface area contributed by atoms with Crippen molar-refractivity contribution < 1.29 is 4.79 Å². The van der Waals surface area contributed by atoms with Crippen LogP contribution in [0.25, 0.3) is 10.2 Å². The summed E-state index contributed by atoms with van der Waals surface area (Å²) in [5, 5.41) is 5.87. The highest BCUT2D eigenvalue weighted by Crippen LogP contribution is 2.33. The molecule has 0 bridgehead atoms. The van der Waals surface area contributed by atoms with Gasteiger partial charge in [-0.15, -0.1) is 11.3 Å². The van der Waals surface area contributed by atoms with Gasteiger partial charge in [0, 0.05) is 11.6 Å². The van der Waals surface area contributed by atoms with Crippen molar-refractivity contribution >= 4 is 79.7 Å². The molecule has 3 rings (SSSR count). The van der Waals surface area contributed by atoms with Crippen LogP contribution in [0.5, 0.6) is 0 Å². The summed E-state index contributed by atoms with van der Waals surface area (Å²) in [4.78, 5) is 29.2. The van der Waals surface area contributed by atoms with Crippen molar-refractivity contribution in [3.63, 3.8) is 0 Å². The third-order valence-electron chi connectivity index (χ3n) is 3.45. The topological polar surface area (TPSA) is 64.0 Å². The van der Waals surface area contributed by atoms with Gasteiger partial charge in [-0.3, -0.25) is 14.2 Å². The predicted octanol–water partition coefficient (Wildman–Crippen LogP) is 5.17. The first kappa shape index (κ1) is 19.5. The summed E-state index contributed by atoms with van der Waals surface area (Å²) in [6.45, 7) is 2.33. The van der Waals surface area contributed by atoms with Crippen LogP contribution in [-0.2, 0) is 11.3 Å². The summed E-state index contributed by atoms with van der Waals surface area (Å²) in [7, 11) is 0. The molecule has 0 saturated heterocycles. The number of thioether (sulfide) groups is 1. The minimum Gasteiger partial charge on any atom is -0.323 e. The first-order valence-electron chi connectivity index (χ1n) is 7.46. The van der Waals surface area contributed by atoms with Crippen molar-refractivity contribution in [2.45, 2.75) is 18.6 Å². The molecule has 1 N–H and O–H groups in total. The molecule has 1 amide bonds. The van der Waals surface area contributed by atoms with E-state index in [1.807, 2.05) is 12.3 Å². The molecule has 10 heteroatoms. The van der Waals surface area contributed by atoms with E-state index in [1.54, 1.807) is 10.6 Å². The van der Waals surface area contributed by atoms with Gasteiger partial charge in [-0.25, -0.2) is 4.98 Å². The average Bonchev–Trinajstić information content (AvgIpc) is 3.05. The second-order valence-corrected chi connectivity index (χ2v) is 8.27. The Labute approximate surface area is 172 Å². The highest BCUT2D eigenvalue weighted by atomic mass is 35.5. The fraction of sp³-hybridized carbons (Fsp3) is 0.188. The number of thiophene rings is 1. The molecule has 3 aromatic rings. The van der Waals surface area contributed by atoms with E-state index in [0.717, 1.165) is 0 Å². The molecule has 2 aromatic heterocycles. The number of fused-ring (bicyclic) bond motifs is 1. The Morgan fingerprint density at radius 3 is 2.65 bits per heavy atom. The summed E-state index contributed by atoms with van der Waals surface area (Å²) in [5.41, 5.74) is 0.841. The van der Waals surface area contributed by atoms with E-state index >= 15 is 0 Å². The Hall–Kier alpha value is -1.25. The Balaban J connectivity index is 1.78. The van der Waals surface area contributed by atoms with Crippen LogP contribution in [-0.4, -0.2) is 21.2 Å². The van der Waals surface area contributed by atoms with E-state index in [9.17, 15) is 9.59 Å². The molecule has 0 spiro atoms. The van der Waals surface area contributed by atoms with E-state index < -0.39 is 0 Å². The lowest BCUT2D eigenvalue weighted by atomic mass is 10.3. The van der Waals surface area contributed by atoms with Crippen molar-refractivity contribution in [1.82, 2.24) is 9.55 Å². The number of benzene rings is 1. The second kappa shape index (κ2) is 8.19. The molecule has 0 unspecified atom stereocenters. The lowest BCUT2D eigenvalue weighted by Gasteiger charge is -2.11. The molecule has 26 heavy (non-hydrogen) atoms. The molecule has 0 aliphatic heterocycles. The molecular formula is C16H12Cl3N3O2S2. The zero-order valence-corrected chi connectivity index (χ0v) is 17.3. The van der Waals surface area contributed by atoms with Gasteiger partial charge in [-0.05, 0) is 30.5 Å². The number of rotatable bonds is 5. The summed E-state index contributed by atoms with van der Waals surface area (Å²) in [5.74, 6) is -0.263. The third kappa shape index (κ3) is 4.02. The summed E-state index contributed by atoms with van der Waals surface area (Å²) in [6.07, 6.45) is 0. The minimum absolute atomic E-state index is 0.0529. The number of nitrogens with one attached hydrogen (secondary N) is 1. The van der Waals surface area contributed by atoms with Gasteiger partial charge in [0.1, 0.15) is 4.70 Å². The number of aromatic nitrogens is 2. The van der Waals surface area contributed by atoms with Gasteiger partial charge in [0.2, 0.25) is 5.91 Å². The van der Waals surface area contributed by atoms with E-state index in [-0.39, 0.29) is 27.3 Å². The van der Waals surface area contributed by atoms with Crippen molar-refractivity contribution in [2.24, 2.45) is 0 Å². The fourth-order valence-corrected chi connectivity index (χ4v) is 4.83. The zero-order valence-electron chi connectivity index (χ0n) is 13.4.